The van der Waals surface area contributed by atoms with E-state index in [1.807, 2.05) is 38.1 Å². The average molecular weight is 314 g/mol. The van der Waals surface area contributed by atoms with Crippen molar-refractivity contribution in [3.8, 4) is 11.3 Å². The van der Waals surface area contributed by atoms with Crippen LogP contribution in [0.2, 0.25) is 0 Å². The van der Waals surface area contributed by atoms with Crippen LogP contribution in [0.5, 0.6) is 0 Å². The summed E-state index contributed by atoms with van der Waals surface area (Å²) in [4.78, 5) is 27.0. The fraction of sp³-hybridized carbons (Fsp3) is 0.333. The van der Waals surface area contributed by atoms with E-state index in [2.05, 4.69) is 10.3 Å². The SMILES string of the molecule is COCC(C)CNC(=O)c1ccc(-c2cccc(C)c2)[nH]c1=O. The van der Waals surface area contributed by atoms with Crippen LogP contribution >= 0.6 is 0 Å². The summed E-state index contributed by atoms with van der Waals surface area (Å²) in [5.41, 5.74) is 2.45. The van der Waals surface area contributed by atoms with Crippen molar-refractivity contribution in [2.24, 2.45) is 5.92 Å². The molecule has 1 aromatic heterocycles. The quantitative estimate of drug-likeness (QED) is 0.860. The molecule has 0 saturated heterocycles. The van der Waals surface area contributed by atoms with Crippen LogP contribution < -0.4 is 10.9 Å². The summed E-state index contributed by atoms with van der Waals surface area (Å²) in [6, 6.07) is 11.1. The number of hydrogen-bond donors (Lipinski definition) is 2. The van der Waals surface area contributed by atoms with Crippen LogP contribution in [-0.4, -0.2) is 31.2 Å². The molecule has 0 fully saturated rings. The molecule has 0 aliphatic carbocycles. The van der Waals surface area contributed by atoms with Gasteiger partial charge in [-0.1, -0.05) is 30.7 Å². The lowest BCUT2D eigenvalue weighted by Gasteiger charge is -2.11. The van der Waals surface area contributed by atoms with E-state index < -0.39 is 0 Å². The highest BCUT2D eigenvalue weighted by Gasteiger charge is 2.12. The largest absolute Gasteiger partial charge is 0.384 e. The number of carbonyl (C=O) groups excluding carboxylic acids is 1. The molecule has 1 heterocycles. The second-order valence-corrected chi connectivity index (χ2v) is 5.75. The van der Waals surface area contributed by atoms with Gasteiger partial charge in [0.1, 0.15) is 5.56 Å². The number of aryl methyl sites for hydroxylation is 1. The van der Waals surface area contributed by atoms with E-state index in [9.17, 15) is 9.59 Å². The zero-order valence-electron chi connectivity index (χ0n) is 13.7. The van der Waals surface area contributed by atoms with Crippen molar-refractivity contribution >= 4 is 5.91 Å². The van der Waals surface area contributed by atoms with Crippen molar-refractivity contribution < 1.29 is 9.53 Å². The van der Waals surface area contributed by atoms with E-state index in [0.29, 0.717) is 18.8 Å². The van der Waals surface area contributed by atoms with Crippen LogP contribution in [0.25, 0.3) is 11.3 Å². The first kappa shape index (κ1) is 17.0. The van der Waals surface area contributed by atoms with E-state index in [0.717, 1.165) is 11.1 Å². The predicted octanol–water partition coefficient (Wildman–Crippen LogP) is 2.36. The molecule has 1 atom stereocenters. The Morgan fingerprint density at radius 2 is 2.09 bits per heavy atom. The summed E-state index contributed by atoms with van der Waals surface area (Å²) in [7, 11) is 1.62. The highest BCUT2D eigenvalue weighted by molar-refractivity contribution is 5.94. The monoisotopic (exact) mass is 314 g/mol. The molecule has 0 bridgehead atoms. The van der Waals surface area contributed by atoms with Crippen LogP contribution in [0.3, 0.4) is 0 Å². The lowest BCUT2D eigenvalue weighted by molar-refractivity contribution is 0.0932. The lowest BCUT2D eigenvalue weighted by Crippen LogP contribution is -2.33. The topological polar surface area (TPSA) is 71.2 Å². The van der Waals surface area contributed by atoms with Gasteiger partial charge in [0.05, 0.1) is 6.61 Å². The zero-order chi connectivity index (χ0) is 16.8. The average Bonchev–Trinajstić information content (AvgIpc) is 2.53. The smallest absolute Gasteiger partial charge is 0.261 e. The number of benzene rings is 1. The van der Waals surface area contributed by atoms with E-state index >= 15 is 0 Å². The van der Waals surface area contributed by atoms with Crippen molar-refractivity contribution in [3.63, 3.8) is 0 Å². The lowest BCUT2D eigenvalue weighted by atomic mass is 10.1. The molecule has 0 radical (unpaired) electrons. The maximum absolute atomic E-state index is 12.2. The minimum Gasteiger partial charge on any atom is -0.384 e. The van der Waals surface area contributed by atoms with Crippen molar-refractivity contribution in [1.82, 2.24) is 10.3 Å². The number of methoxy groups -OCH3 is 1. The molecule has 2 aromatic rings. The summed E-state index contributed by atoms with van der Waals surface area (Å²) in [5.74, 6) is -0.181. The maximum Gasteiger partial charge on any atom is 0.261 e. The number of aromatic amines is 1. The van der Waals surface area contributed by atoms with Crippen molar-refractivity contribution in [1.29, 1.82) is 0 Å². The Balaban J connectivity index is 2.13. The van der Waals surface area contributed by atoms with Gasteiger partial charge in [-0.05, 0) is 36.6 Å². The van der Waals surface area contributed by atoms with Gasteiger partial charge in [-0.2, -0.15) is 0 Å². The fourth-order valence-corrected chi connectivity index (χ4v) is 2.34. The molecule has 1 unspecified atom stereocenters. The molecule has 5 heteroatoms. The summed E-state index contributed by atoms with van der Waals surface area (Å²) in [5, 5.41) is 2.75. The number of nitrogens with one attached hydrogen (secondary N) is 2. The molecule has 0 saturated carbocycles. The molecule has 5 nitrogen and oxygen atoms in total. The molecule has 23 heavy (non-hydrogen) atoms. The van der Waals surface area contributed by atoms with Gasteiger partial charge in [0.2, 0.25) is 0 Å². The highest BCUT2D eigenvalue weighted by Crippen LogP contribution is 2.16. The second kappa shape index (κ2) is 7.74. The molecule has 122 valence electrons. The van der Waals surface area contributed by atoms with Crippen LogP contribution in [0.15, 0.2) is 41.2 Å². The van der Waals surface area contributed by atoms with Crippen LogP contribution in [0.1, 0.15) is 22.8 Å². The zero-order valence-corrected chi connectivity index (χ0v) is 13.7. The minimum absolute atomic E-state index is 0.117. The minimum atomic E-state index is -0.388. The fourth-order valence-electron chi connectivity index (χ4n) is 2.34. The van der Waals surface area contributed by atoms with Crippen molar-refractivity contribution in [2.45, 2.75) is 13.8 Å². The Hall–Kier alpha value is -2.40. The van der Waals surface area contributed by atoms with Gasteiger partial charge < -0.3 is 15.0 Å². The van der Waals surface area contributed by atoms with Gasteiger partial charge in [0.15, 0.2) is 0 Å². The Morgan fingerprint density at radius 3 is 2.74 bits per heavy atom. The Labute approximate surface area is 135 Å². The summed E-state index contributed by atoms with van der Waals surface area (Å²) in [6.45, 7) is 4.98. The molecule has 0 spiro atoms. The van der Waals surface area contributed by atoms with Crippen molar-refractivity contribution in [2.75, 3.05) is 20.3 Å². The number of ether oxygens (including phenoxy) is 1. The van der Waals surface area contributed by atoms with E-state index in [4.69, 9.17) is 4.74 Å². The van der Waals surface area contributed by atoms with Gasteiger partial charge in [-0.3, -0.25) is 9.59 Å². The number of pyridine rings is 1. The van der Waals surface area contributed by atoms with Gasteiger partial charge in [0.25, 0.3) is 11.5 Å². The molecule has 0 aliphatic heterocycles. The molecular formula is C18H22N2O3. The number of rotatable bonds is 6. The summed E-state index contributed by atoms with van der Waals surface area (Å²) < 4.78 is 5.02. The third-order valence-corrected chi connectivity index (χ3v) is 3.55. The van der Waals surface area contributed by atoms with E-state index in [1.54, 1.807) is 19.2 Å². The molecule has 0 aliphatic rings. The highest BCUT2D eigenvalue weighted by atomic mass is 16.5. The van der Waals surface area contributed by atoms with Gasteiger partial charge in [0, 0.05) is 19.3 Å². The molecule has 2 N–H and O–H groups in total. The van der Waals surface area contributed by atoms with Gasteiger partial charge >= 0.3 is 0 Å². The third kappa shape index (κ3) is 4.53. The van der Waals surface area contributed by atoms with Crippen LogP contribution in [-0.2, 0) is 4.74 Å². The molecule has 1 amide bonds. The number of H-pyrrole nitrogens is 1. The Bertz CT molecular complexity index is 737. The summed E-state index contributed by atoms with van der Waals surface area (Å²) >= 11 is 0. The van der Waals surface area contributed by atoms with Crippen LogP contribution in [0, 0.1) is 12.8 Å². The first-order valence-electron chi connectivity index (χ1n) is 7.58. The van der Waals surface area contributed by atoms with E-state index in [-0.39, 0.29) is 22.9 Å². The molecular weight excluding hydrogens is 292 g/mol. The number of carbonyl (C=O) groups is 1. The van der Waals surface area contributed by atoms with Crippen molar-refractivity contribution in [3.05, 3.63) is 57.9 Å². The standard InChI is InChI=1S/C18H22N2O3/c1-12-5-4-6-14(9-12)16-8-7-15(18(22)20-16)17(21)19-10-13(2)11-23-3/h4-9,13H,10-11H2,1-3H3,(H,19,21)(H,20,22). The summed E-state index contributed by atoms with van der Waals surface area (Å²) in [6.07, 6.45) is 0. The van der Waals surface area contributed by atoms with E-state index in [1.165, 1.54) is 0 Å². The first-order chi connectivity index (χ1) is 11.0. The maximum atomic E-state index is 12.2. The third-order valence-electron chi connectivity index (χ3n) is 3.55. The second-order valence-electron chi connectivity index (χ2n) is 5.75. The normalized spacial score (nSPS) is 12.0. The number of hydrogen-bond acceptors (Lipinski definition) is 3. The Kier molecular flexibility index (Phi) is 5.71. The molecule has 2 rings (SSSR count). The predicted molar refractivity (Wildman–Crippen MR) is 90.6 cm³/mol. The Morgan fingerprint density at radius 1 is 1.30 bits per heavy atom. The number of amides is 1. The van der Waals surface area contributed by atoms with Crippen LogP contribution in [0.4, 0.5) is 0 Å². The number of aromatic nitrogens is 1. The van der Waals surface area contributed by atoms with Gasteiger partial charge in [-0.15, -0.1) is 0 Å². The van der Waals surface area contributed by atoms with Gasteiger partial charge in [-0.25, -0.2) is 0 Å². The molecule has 1 aromatic carbocycles. The first-order valence-corrected chi connectivity index (χ1v) is 7.58.